The monoisotopic (exact) mass is 519 g/mol. The molecule has 6 rings (SSSR count). The standard InChI is InChI=1S/C34H34FN3O/c35-33-25-29(24-32-31(33)17-19-38(34(32)39)28-14-8-3-9-15-28)37-22-20-36(21-23-37)18-16-30(26-10-4-1-5-11-26)27-12-6-2-7-13-27/h1-15,24-25,30H,16-23H2. The number of para-hydroxylation sites is 1. The number of carbonyl (C=O) groups excluding carboxylic acids is 1. The van der Waals surface area contributed by atoms with Gasteiger partial charge in [0.05, 0.1) is 0 Å². The highest BCUT2D eigenvalue weighted by Crippen LogP contribution is 2.31. The molecule has 1 saturated heterocycles. The number of hydrogen-bond donors (Lipinski definition) is 0. The Morgan fingerprint density at radius 1 is 0.692 bits per heavy atom. The molecule has 0 atom stereocenters. The van der Waals surface area contributed by atoms with E-state index < -0.39 is 0 Å². The van der Waals surface area contributed by atoms with Crippen LogP contribution in [0.15, 0.2) is 103 Å². The van der Waals surface area contributed by atoms with E-state index >= 15 is 4.39 Å². The van der Waals surface area contributed by atoms with E-state index in [1.807, 2.05) is 36.4 Å². The topological polar surface area (TPSA) is 26.8 Å². The molecule has 4 nitrogen and oxygen atoms in total. The molecule has 198 valence electrons. The number of anilines is 2. The van der Waals surface area contributed by atoms with Crippen molar-refractivity contribution in [2.75, 3.05) is 49.1 Å². The maximum absolute atomic E-state index is 15.2. The zero-order valence-corrected chi connectivity index (χ0v) is 22.2. The Labute approximate surface area is 230 Å². The van der Waals surface area contributed by atoms with Crippen LogP contribution in [0.1, 0.15) is 39.4 Å². The second-order valence-corrected chi connectivity index (χ2v) is 10.5. The van der Waals surface area contributed by atoms with E-state index in [-0.39, 0.29) is 11.7 Å². The van der Waals surface area contributed by atoms with Crippen molar-refractivity contribution in [2.45, 2.75) is 18.8 Å². The molecule has 0 saturated carbocycles. The second kappa shape index (κ2) is 11.4. The molecule has 0 bridgehead atoms. The first-order chi connectivity index (χ1) is 19.2. The predicted octanol–water partition coefficient (Wildman–Crippen LogP) is 6.37. The van der Waals surface area contributed by atoms with Crippen molar-refractivity contribution in [3.63, 3.8) is 0 Å². The van der Waals surface area contributed by atoms with E-state index in [2.05, 4.69) is 70.5 Å². The molecule has 2 heterocycles. The number of hydrogen-bond acceptors (Lipinski definition) is 3. The molecule has 0 aliphatic carbocycles. The lowest BCUT2D eigenvalue weighted by Gasteiger charge is -2.37. The highest BCUT2D eigenvalue weighted by atomic mass is 19.1. The van der Waals surface area contributed by atoms with Gasteiger partial charge in [-0.2, -0.15) is 0 Å². The van der Waals surface area contributed by atoms with E-state index in [1.165, 1.54) is 11.1 Å². The summed E-state index contributed by atoms with van der Waals surface area (Å²) in [4.78, 5) is 19.9. The predicted molar refractivity (Wildman–Crippen MR) is 156 cm³/mol. The molecular weight excluding hydrogens is 485 g/mol. The van der Waals surface area contributed by atoms with Gasteiger partial charge in [0.25, 0.3) is 5.91 Å². The second-order valence-electron chi connectivity index (χ2n) is 10.5. The van der Waals surface area contributed by atoms with Crippen LogP contribution >= 0.6 is 0 Å². The van der Waals surface area contributed by atoms with Crippen LogP contribution in [0.2, 0.25) is 0 Å². The maximum atomic E-state index is 15.2. The summed E-state index contributed by atoms with van der Waals surface area (Å²) in [7, 11) is 0. The first kappa shape index (κ1) is 25.3. The fourth-order valence-corrected chi connectivity index (χ4v) is 6.01. The average Bonchev–Trinajstić information content (AvgIpc) is 2.99. The van der Waals surface area contributed by atoms with E-state index in [0.29, 0.717) is 30.0 Å². The number of fused-ring (bicyclic) bond motifs is 1. The SMILES string of the molecule is O=C1c2cc(N3CCN(CCC(c4ccccc4)c4ccccc4)CC3)cc(F)c2CCN1c1ccccc1. The normalized spacial score (nSPS) is 16.0. The molecule has 0 N–H and O–H groups in total. The molecule has 0 aromatic heterocycles. The first-order valence-corrected chi connectivity index (χ1v) is 13.9. The molecule has 0 unspecified atom stereocenters. The molecule has 0 spiro atoms. The van der Waals surface area contributed by atoms with E-state index in [4.69, 9.17) is 0 Å². The molecular formula is C34H34FN3O. The van der Waals surface area contributed by atoms with Crippen molar-refractivity contribution in [2.24, 2.45) is 0 Å². The van der Waals surface area contributed by atoms with Gasteiger partial charge >= 0.3 is 0 Å². The van der Waals surface area contributed by atoms with Crippen molar-refractivity contribution < 1.29 is 9.18 Å². The van der Waals surface area contributed by atoms with Crippen LogP contribution in [-0.2, 0) is 6.42 Å². The number of nitrogens with zero attached hydrogens (tertiary/aromatic N) is 3. The zero-order chi connectivity index (χ0) is 26.6. The number of rotatable bonds is 7. The number of halogens is 1. The van der Waals surface area contributed by atoms with Crippen LogP contribution in [-0.4, -0.2) is 50.1 Å². The Bertz CT molecular complexity index is 1360. The molecule has 39 heavy (non-hydrogen) atoms. The summed E-state index contributed by atoms with van der Waals surface area (Å²) in [5.74, 6) is -0.0204. The molecule has 1 amide bonds. The number of amides is 1. The largest absolute Gasteiger partial charge is 0.369 e. The molecule has 0 radical (unpaired) electrons. The average molecular weight is 520 g/mol. The summed E-state index contributed by atoms with van der Waals surface area (Å²) in [6.07, 6.45) is 1.57. The van der Waals surface area contributed by atoms with Crippen molar-refractivity contribution in [1.29, 1.82) is 0 Å². The minimum Gasteiger partial charge on any atom is -0.369 e. The van der Waals surface area contributed by atoms with Crippen LogP contribution in [0.25, 0.3) is 0 Å². The van der Waals surface area contributed by atoms with Gasteiger partial charge in [0.15, 0.2) is 0 Å². The number of carbonyl (C=O) groups is 1. The Morgan fingerprint density at radius 3 is 1.90 bits per heavy atom. The number of benzene rings is 4. The van der Waals surface area contributed by atoms with Crippen LogP contribution in [0.3, 0.4) is 0 Å². The lowest BCUT2D eigenvalue weighted by atomic mass is 9.88. The smallest absolute Gasteiger partial charge is 0.258 e. The van der Waals surface area contributed by atoms with E-state index in [1.54, 1.807) is 11.0 Å². The van der Waals surface area contributed by atoms with Gasteiger partial charge in [0.2, 0.25) is 0 Å². The minimum atomic E-state index is -0.264. The number of piperazine rings is 1. The van der Waals surface area contributed by atoms with Crippen LogP contribution in [0.5, 0.6) is 0 Å². The molecule has 5 heteroatoms. The lowest BCUT2D eigenvalue weighted by Crippen LogP contribution is -2.47. The summed E-state index contributed by atoms with van der Waals surface area (Å²) in [6, 6.07) is 34.7. The summed E-state index contributed by atoms with van der Waals surface area (Å²) < 4.78 is 15.2. The van der Waals surface area contributed by atoms with Crippen molar-refractivity contribution in [3.05, 3.63) is 131 Å². The van der Waals surface area contributed by atoms with Gasteiger partial charge in [-0.25, -0.2) is 4.39 Å². The fourth-order valence-electron chi connectivity index (χ4n) is 6.01. The highest BCUT2D eigenvalue weighted by Gasteiger charge is 2.29. The quantitative estimate of drug-likeness (QED) is 0.284. The van der Waals surface area contributed by atoms with Gasteiger partial charge in [-0.15, -0.1) is 0 Å². The first-order valence-electron chi connectivity index (χ1n) is 13.9. The Balaban J connectivity index is 1.12. The third-order valence-corrected chi connectivity index (χ3v) is 8.18. The van der Waals surface area contributed by atoms with E-state index in [9.17, 15) is 4.79 Å². The van der Waals surface area contributed by atoms with Gasteiger partial charge < -0.3 is 9.80 Å². The van der Waals surface area contributed by atoms with Crippen LogP contribution < -0.4 is 9.80 Å². The van der Waals surface area contributed by atoms with Crippen molar-refractivity contribution >= 4 is 17.3 Å². The zero-order valence-electron chi connectivity index (χ0n) is 22.2. The molecule has 4 aromatic rings. The minimum absolute atomic E-state index is 0.116. The third-order valence-electron chi connectivity index (χ3n) is 8.18. The van der Waals surface area contributed by atoms with Gasteiger partial charge in [-0.3, -0.25) is 9.69 Å². The third kappa shape index (κ3) is 5.45. The van der Waals surface area contributed by atoms with Gasteiger partial charge in [0, 0.05) is 61.1 Å². The Morgan fingerprint density at radius 2 is 1.28 bits per heavy atom. The molecule has 1 fully saturated rings. The maximum Gasteiger partial charge on any atom is 0.258 e. The molecule has 4 aromatic carbocycles. The highest BCUT2D eigenvalue weighted by molar-refractivity contribution is 6.08. The summed E-state index contributed by atoms with van der Waals surface area (Å²) in [5, 5.41) is 0. The Kier molecular flexibility index (Phi) is 7.42. The fraction of sp³-hybridized carbons (Fsp3) is 0.265. The van der Waals surface area contributed by atoms with E-state index in [0.717, 1.165) is 50.5 Å². The lowest BCUT2D eigenvalue weighted by molar-refractivity contribution is 0.0979. The van der Waals surface area contributed by atoms with Gasteiger partial charge in [-0.1, -0.05) is 78.9 Å². The van der Waals surface area contributed by atoms with Crippen LogP contribution in [0.4, 0.5) is 15.8 Å². The van der Waals surface area contributed by atoms with Gasteiger partial charge in [-0.05, 0) is 54.8 Å². The van der Waals surface area contributed by atoms with Crippen LogP contribution in [0, 0.1) is 5.82 Å². The summed E-state index contributed by atoms with van der Waals surface area (Å²) in [5.41, 5.74) is 5.40. The van der Waals surface area contributed by atoms with Crippen molar-refractivity contribution in [3.8, 4) is 0 Å². The van der Waals surface area contributed by atoms with Crippen molar-refractivity contribution in [1.82, 2.24) is 4.90 Å². The summed E-state index contributed by atoms with van der Waals surface area (Å²) >= 11 is 0. The Hall–Kier alpha value is -3.96. The van der Waals surface area contributed by atoms with Gasteiger partial charge in [0.1, 0.15) is 5.82 Å². The molecule has 2 aliphatic rings. The molecule has 2 aliphatic heterocycles. The summed E-state index contributed by atoms with van der Waals surface area (Å²) in [6.45, 7) is 4.97.